The van der Waals surface area contributed by atoms with Gasteiger partial charge < -0.3 is 14.5 Å². The Morgan fingerprint density at radius 3 is 2.22 bits per heavy atom. The smallest absolute Gasteiger partial charge is 0.331 e. The molecule has 9 heteroatoms. The first-order valence-corrected chi connectivity index (χ1v) is 12.7. The number of imidazole rings is 1. The maximum absolute atomic E-state index is 13.3. The number of nitrogens with two attached hydrogens (primary N) is 1. The van der Waals surface area contributed by atoms with Crippen molar-refractivity contribution in [1.29, 1.82) is 0 Å². The van der Waals surface area contributed by atoms with Gasteiger partial charge in [-0.15, -0.1) is 0 Å². The summed E-state index contributed by atoms with van der Waals surface area (Å²) in [6.07, 6.45) is 3.43. The number of aromatic nitrogens is 2. The van der Waals surface area contributed by atoms with Crippen LogP contribution in [-0.2, 0) is 30.5 Å². The first kappa shape index (κ1) is 30.0. The average molecular weight is 515 g/mol. The van der Waals surface area contributed by atoms with Gasteiger partial charge in [0.15, 0.2) is 0 Å². The van der Waals surface area contributed by atoms with Crippen LogP contribution in [0, 0.1) is 24.7 Å². The maximum atomic E-state index is 13.3. The van der Waals surface area contributed by atoms with Crippen LogP contribution in [-0.4, -0.2) is 44.5 Å². The van der Waals surface area contributed by atoms with Crippen molar-refractivity contribution in [2.24, 2.45) is 23.6 Å². The van der Waals surface area contributed by atoms with Crippen molar-refractivity contribution in [2.45, 2.75) is 86.5 Å². The van der Waals surface area contributed by atoms with E-state index >= 15 is 0 Å². The highest BCUT2D eigenvalue weighted by Crippen LogP contribution is 2.28. The summed E-state index contributed by atoms with van der Waals surface area (Å²) in [7, 11) is 0. The predicted molar refractivity (Wildman–Crippen MR) is 141 cm³/mol. The highest BCUT2D eigenvalue weighted by molar-refractivity contribution is 5.99. The number of hydrogen-bond donors (Lipinski definition) is 2. The van der Waals surface area contributed by atoms with Crippen LogP contribution in [0.5, 0.6) is 0 Å². The first-order valence-electron chi connectivity index (χ1n) is 12.7. The molecule has 3 atom stereocenters. The molecule has 2 aromatic rings. The minimum absolute atomic E-state index is 0.0269. The van der Waals surface area contributed by atoms with Gasteiger partial charge >= 0.3 is 11.9 Å². The Morgan fingerprint density at radius 1 is 1.05 bits per heavy atom. The molecule has 0 saturated carbocycles. The molecule has 0 saturated heterocycles. The molecule has 204 valence electrons. The Hall–Kier alpha value is -3.20. The zero-order chi connectivity index (χ0) is 28.1. The number of aromatic amines is 1. The van der Waals surface area contributed by atoms with E-state index in [9.17, 15) is 14.4 Å². The molecular formula is C28H42N4O5. The van der Waals surface area contributed by atoms with Gasteiger partial charge in [0.25, 0.3) is 5.91 Å². The summed E-state index contributed by atoms with van der Waals surface area (Å²) in [5, 5.41) is 0.838. The number of nitrogens with one attached hydrogen (secondary N) is 1. The second kappa shape index (κ2) is 12.4. The summed E-state index contributed by atoms with van der Waals surface area (Å²) >= 11 is 0. The van der Waals surface area contributed by atoms with Crippen molar-refractivity contribution in [2.75, 3.05) is 0 Å². The molecule has 1 amide bonds. The van der Waals surface area contributed by atoms with Crippen molar-refractivity contribution < 1.29 is 23.9 Å². The Kier molecular flexibility index (Phi) is 10.0. The lowest BCUT2D eigenvalue weighted by Gasteiger charge is -2.33. The van der Waals surface area contributed by atoms with Gasteiger partial charge in [0.2, 0.25) is 0 Å². The minimum atomic E-state index is -1.14. The third kappa shape index (κ3) is 7.64. The normalized spacial score (nSPS) is 14.3. The number of esters is 2. The van der Waals surface area contributed by atoms with Crippen molar-refractivity contribution in [3.8, 4) is 0 Å². The van der Waals surface area contributed by atoms with Gasteiger partial charge in [0.1, 0.15) is 24.2 Å². The molecule has 0 bridgehead atoms. The number of rotatable bonds is 10. The van der Waals surface area contributed by atoms with Crippen LogP contribution in [0.1, 0.15) is 83.7 Å². The standard InChI is InChI=1S/C28H42N4O5/c1-16(2)23(26(34)37-28(7,8)9)25(33)32(29)24(17(3)4)27(35)36-14-20-11-10-12-21(18(20)5)19(6)22-13-30-15-31-22/h10-13,15-17,19,23-24H,14,29H2,1-9H3,(H,30,31). The van der Waals surface area contributed by atoms with Crippen LogP contribution in [0.2, 0.25) is 0 Å². The van der Waals surface area contributed by atoms with Gasteiger partial charge in [-0.05, 0) is 56.2 Å². The Morgan fingerprint density at radius 2 is 1.70 bits per heavy atom. The molecule has 3 unspecified atom stereocenters. The molecule has 2 rings (SSSR count). The Balaban J connectivity index is 2.20. The largest absolute Gasteiger partial charge is 0.459 e. The minimum Gasteiger partial charge on any atom is -0.459 e. The molecule has 1 heterocycles. The molecule has 0 radical (unpaired) electrons. The fraction of sp³-hybridized carbons (Fsp3) is 0.571. The maximum Gasteiger partial charge on any atom is 0.331 e. The fourth-order valence-electron chi connectivity index (χ4n) is 4.26. The summed E-state index contributed by atoms with van der Waals surface area (Å²) in [6.45, 7) is 16.3. The van der Waals surface area contributed by atoms with Crippen LogP contribution >= 0.6 is 0 Å². The molecule has 0 aliphatic heterocycles. The van der Waals surface area contributed by atoms with Gasteiger partial charge in [-0.25, -0.2) is 15.6 Å². The zero-order valence-electron chi connectivity index (χ0n) is 23.5. The van der Waals surface area contributed by atoms with Crippen LogP contribution < -0.4 is 5.84 Å². The van der Waals surface area contributed by atoms with E-state index < -0.39 is 35.4 Å². The quantitative estimate of drug-likeness (QED) is 0.159. The van der Waals surface area contributed by atoms with Crippen molar-refractivity contribution in [3.05, 3.63) is 53.1 Å². The third-order valence-corrected chi connectivity index (χ3v) is 6.33. The van der Waals surface area contributed by atoms with Gasteiger partial charge in [0, 0.05) is 17.8 Å². The van der Waals surface area contributed by atoms with Crippen molar-refractivity contribution >= 4 is 17.8 Å². The molecular weight excluding hydrogens is 472 g/mol. The summed E-state index contributed by atoms with van der Waals surface area (Å²) in [5.41, 5.74) is 3.17. The Bertz CT molecular complexity index is 1070. The monoisotopic (exact) mass is 514 g/mol. The van der Waals surface area contributed by atoms with Gasteiger partial charge in [-0.3, -0.25) is 14.6 Å². The number of benzene rings is 1. The molecule has 0 fully saturated rings. The van der Waals surface area contributed by atoms with Crippen LogP contribution in [0.15, 0.2) is 30.7 Å². The number of hydrazine groups is 1. The molecule has 9 nitrogen and oxygen atoms in total. The van der Waals surface area contributed by atoms with E-state index in [0.717, 1.165) is 27.4 Å². The number of ether oxygens (including phenoxy) is 2. The van der Waals surface area contributed by atoms with Crippen molar-refractivity contribution in [3.63, 3.8) is 0 Å². The second-order valence-corrected chi connectivity index (χ2v) is 11.2. The number of hydrogen-bond acceptors (Lipinski definition) is 7. The van der Waals surface area contributed by atoms with Gasteiger partial charge in [-0.2, -0.15) is 0 Å². The third-order valence-electron chi connectivity index (χ3n) is 6.33. The summed E-state index contributed by atoms with van der Waals surface area (Å²) in [5.74, 6) is 2.43. The van der Waals surface area contributed by atoms with E-state index in [1.54, 1.807) is 61.0 Å². The highest BCUT2D eigenvalue weighted by atomic mass is 16.6. The molecule has 0 spiro atoms. The van der Waals surface area contributed by atoms with E-state index in [1.165, 1.54) is 0 Å². The van der Waals surface area contributed by atoms with E-state index in [-0.39, 0.29) is 24.4 Å². The van der Waals surface area contributed by atoms with Gasteiger partial charge in [-0.1, -0.05) is 52.8 Å². The molecule has 37 heavy (non-hydrogen) atoms. The van der Waals surface area contributed by atoms with E-state index in [4.69, 9.17) is 15.3 Å². The summed E-state index contributed by atoms with van der Waals surface area (Å²) in [4.78, 5) is 46.5. The molecule has 3 N–H and O–H groups in total. The lowest BCUT2D eigenvalue weighted by molar-refractivity contribution is -0.171. The molecule has 1 aromatic heterocycles. The Labute approximate surface area is 220 Å². The van der Waals surface area contributed by atoms with Crippen LogP contribution in [0.3, 0.4) is 0 Å². The van der Waals surface area contributed by atoms with Crippen LogP contribution in [0.4, 0.5) is 0 Å². The molecule has 0 aliphatic rings. The van der Waals surface area contributed by atoms with E-state index in [1.807, 2.05) is 25.1 Å². The molecule has 1 aromatic carbocycles. The van der Waals surface area contributed by atoms with Gasteiger partial charge in [0.05, 0.1) is 6.33 Å². The number of H-pyrrole nitrogens is 1. The average Bonchev–Trinajstić information content (AvgIpc) is 3.31. The number of carbonyl (C=O) groups excluding carboxylic acids is 3. The fourth-order valence-corrected chi connectivity index (χ4v) is 4.26. The second-order valence-electron chi connectivity index (χ2n) is 11.2. The predicted octanol–water partition coefficient (Wildman–Crippen LogP) is 4.25. The van der Waals surface area contributed by atoms with Crippen molar-refractivity contribution in [1.82, 2.24) is 15.0 Å². The highest BCUT2D eigenvalue weighted by Gasteiger charge is 2.41. The van der Waals surface area contributed by atoms with E-state index in [2.05, 4.69) is 16.9 Å². The lowest BCUT2D eigenvalue weighted by Crippen LogP contribution is -2.56. The summed E-state index contributed by atoms with van der Waals surface area (Å²) in [6, 6.07) is 4.79. The number of amides is 1. The number of carbonyl (C=O) groups is 3. The zero-order valence-corrected chi connectivity index (χ0v) is 23.5. The van der Waals surface area contributed by atoms with E-state index in [0.29, 0.717) is 0 Å². The molecule has 0 aliphatic carbocycles. The summed E-state index contributed by atoms with van der Waals surface area (Å²) < 4.78 is 11.1. The topological polar surface area (TPSA) is 128 Å². The number of nitrogens with zero attached hydrogens (tertiary/aromatic N) is 2. The van der Waals surface area contributed by atoms with Crippen LogP contribution in [0.25, 0.3) is 0 Å². The first-order chi connectivity index (χ1) is 17.2. The lowest BCUT2D eigenvalue weighted by atomic mass is 9.91. The SMILES string of the molecule is Cc1c(COC(=O)C(C(C)C)N(N)C(=O)C(C(=O)OC(C)(C)C)C(C)C)cccc1C(C)c1cnc[nH]1.